The number of hydrogen-bond donors (Lipinski definition) is 0. The Kier molecular flexibility index (Phi) is 8.52. The van der Waals surface area contributed by atoms with E-state index in [0.717, 1.165) is 48.4 Å². The van der Waals surface area contributed by atoms with Crippen LogP contribution in [0.1, 0.15) is 45.2 Å². The van der Waals surface area contributed by atoms with Gasteiger partial charge in [-0.1, -0.05) is 26.0 Å². The summed E-state index contributed by atoms with van der Waals surface area (Å²) in [4.78, 5) is 17.9. The van der Waals surface area contributed by atoms with E-state index in [2.05, 4.69) is 48.8 Å². The second-order valence-corrected chi connectivity index (χ2v) is 9.71. The number of piperazine rings is 1. The number of hydrogen-bond acceptors (Lipinski definition) is 7. The van der Waals surface area contributed by atoms with E-state index in [1.807, 2.05) is 12.1 Å². The molecule has 1 saturated heterocycles. The van der Waals surface area contributed by atoms with Crippen molar-refractivity contribution in [1.29, 1.82) is 5.26 Å². The maximum Gasteiger partial charge on any atom is 0.252 e. The molecule has 1 aromatic carbocycles. The summed E-state index contributed by atoms with van der Waals surface area (Å²) in [5, 5.41) is 13.9. The van der Waals surface area contributed by atoms with E-state index < -0.39 is 0 Å². The van der Waals surface area contributed by atoms with Crippen LogP contribution < -0.4 is 15.2 Å². The molecule has 2 aromatic heterocycles. The van der Waals surface area contributed by atoms with Crippen molar-refractivity contribution >= 4 is 16.7 Å². The van der Waals surface area contributed by atoms with Crippen LogP contribution in [0.2, 0.25) is 0 Å². The Balaban J connectivity index is 1.61. The Hall–Kier alpha value is -3.35. The lowest BCUT2D eigenvalue weighted by molar-refractivity contribution is 0.101. The Labute approximate surface area is 218 Å². The molecule has 4 rings (SSSR count). The molecule has 0 saturated carbocycles. The van der Waals surface area contributed by atoms with Crippen LogP contribution in [0, 0.1) is 11.3 Å². The molecule has 0 aliphatic carbocycles. The Morgan fingerprint density at radius 1 is 1.14 bits per heavy atom. The molecule has 1 unspecified atom stereocenters. The Morgan fingerprint density at radius 2 is 1.86 bits per heavy atom. The molecular formula is C28H38N6O3. The van der Waals surface area contributed by atoms with Gasteiger partial charge in [0, 0.05) is 51.4 Å². The lowest BCUT2D eigenvalue weighted by Crippen LogP contribution is -2.58. The summed E-state index contributed by atoms with van der Waals surface area (Å²) < 4.78 is 14.0. The Morgan fingerprint density at radius 3 is 2.51 bits per heavy atom. The van der Waals surface area contributed by atoms with E-state index in [0.29, 0.717) is 19.3 Å². The van der Waals surface area contributed by atoms with E-state index in [1.165, 1.54) is 5.56 Å². The van der Waals surface area contributed by atoms with Crippen molar-refractivity contribution in [3.05, 3.63) is 52.4 Å². The highest BCUT2D eigenvalue weighted by Gasteiger charge is 2.36. The van der Waals surface area contributed by atoms with Crippen molar-refractivity contribution in [3.8, 4) is 11.8 Å². The van der Waals surface area contributed by atoms with Gasteiger partial charge in [-0.3, -0.25) is 14.4 Å². The summed E-state index contributed by atoms with van der Waals surface area (Å²) in [6.07, 6.45) is 3.73. The van der Waals surface area contributed by atoms with Crippen LogP contribution in [0.3, 0.4) is 0 Å². The summed E-state index contributed by atoms with van der Waals surface area (Å²) >= 11 is 0. The third-order valence-electron chi connectivity index (χ3n) is 7.58. The summed E-state index contributed by atoms with van der Waals surface area (Å²) in [6, 6.07) is 13.0. The zero-order valence-corrected chi connectivity index (χ0v) is 22.6. The SMILES string of the molecule is CC[C@H]1CN(C(C)c2ccc(OCCOC)cc2)[C@H](CC)CN1c1cc(=O)n(C)c2cn(CC#N)nc12. The maximum atomic E-state index is 12.9. The topological polar surface area (TPSA) is 88.5 Å². The van der Waals surface area contributed by atoms with E-state index in [1.54, 1.807) is 35.7 Å². The number of rotatable bonds is 10. The molecule has 198 valence electrons. The number of anilines is 1. The molecule has 3 heterocycles. The van der Waals surface area contributed by atoms with Crippen LogP contribution in [0.5, 0.6) is 5.75 Å². The van der Waals surface area contributed by atoms with Crippen molar-refractivity contribution in [2.75, 3.05) is 38.3 Å². The van der Waals surface area contributed by atoms with E-state index >= 15 is 0 Å². The van der Waals surface area contributed by atoms with Crippen LogP contribution in [0.15, 0.2) is 41.3 Å². The maximum absolute atomic E-state index is 12.9. The molecule has 9 heteroatoms. The summed E-state index contributed by atoms with van der Waals surface area (Å²) in [7, 11) is 3.43. The molecule has 0 N–H and O–H groups in total. The van der Waals surface area contributed by atoms with Crippen molar-refractivity contribution in [2.45, 2.75) is 58.3 Å². The van der Waals surface area contributed by atoms with E-state index in [-0.39, 0.29) is 24.2 Å². The molecule has 0 spiro atoms. The minimum absolute atomic E-state index is 0.0643. The fraction of sp³-hybridized carbons (Fsp3) is 0.536. The summed E-state index contributed by atoms with van der Waals surface area (Å²) in [5.74, 6) is 0.849. The van der Waals surface area contributed by atoms with Gasteiger partial charge in [0.05, 0.1) is 30.1 Å². The molecule has 3 aromatic rings. The van der Waals surface area contributed by atoms with Gasteiger partial charge in [0.2, 0.25) is 0 Å². The lowest BCUT2D eigenvalue weighted by atomic mass is 9.96. The molecule has 0 amide bonds. The standard InChI is InChI=1S/C28H38N6O3/c1-6-22-18-34(25-16-27(35)31(4)26-19-32(13-12-29)30-28(25)26)23(7-2)17-33(22)20(3)21-8-10-24(11-9-21)37-15-14-36-5/h8-11,16,19-20,22-23H,6-7,13-15,17-18H2,1-5H3/t20?,22-,23+/m1/s1. The number of aryl methyl sites for hydroxylation is 1. The van der Waals surface area contributed by atoms with Crippen molar-refractivity contribution in [3.63, 3.8) is 0 Å². The second kappa shape index (κ2) is 11.8. The predicted octanol–water partition coefficient (Wildman–Crippen LogP) is 3.72. The first-order chi connectivity index (χ1) is 17.9. The summed E-state index contributed by atoms with van der Waals surface area (Å²) in [5.41, 5.74) is 3.59. The third-order valence-corrected chi connectivity index (χ3v) is 7.58. The first kappa shape index (κ1) is 26.7. The van der Waals surface area contributed by atoms with E-state index in [4.69, 9.17) is 19.8 Å². The molecule has 0 bridgehead atoms. The molecule has 1 aliphatic heterocycles. The van der Waals surface area contributed by atoms with Gasteiger partial charge in [0.25, 0.3) is 5.56 Å². The lowest BCUT2D eigenvalue weighted by Gasteiger charge is -2.49. The van der Waals surface area contributed by atoms with Gasteiger partial charge >= 0.3 is 0 Å². The average Bonchev–Trinajstić information content (AvgIpc) is 3.34. The third kappa shape index (κ3) is 5.50. The number of fused-ring (bicyclic) bond motifs is 1. The van der Waals surface area contributed by atoms with Gasteiger partial charge in [0.1, 0.15) is 24.4 Å². The van der Waals surface area contributed by atoms with Gasteiger partial charge in [-0.2, -0.15) is 10.4 Å². The quantitative estimate of drug-likeness (QED) is 0.387. The zero-order valence-electron chi connectivity index (χ0n) is 22.6. The first-order valence-electron chi connectivity index (χ1n) is 13.1. The van der Waals surface area contributed by atoms with Crippen LogP contribution in [-0.4, -0.2) is 64.7 Å². The zero-order chi connectivity index (χ0) is 26.5. The van der Waals surface area contributed by atoms with Gasteiger partial charge in [-0.15, -0.1) is 0 Å². The number of ether oxygens (including phenoxy) is 2. The molecule has 0 radical (unpaired) electrons. The fourth-order valence-corrected chi connectivity index (χ4v) is 5.34. The van der Waals surface area contributed by atoms with Gasteiger partial charge in [0.15, 0.2) is 0 Å². The predicted molar refractivity (Wildman–Crippen MR) is 145 cm³/mol. The largest absolute Gasteiger partial charge is 0.491 e. The molecule has 3 atom stereocenters. The molecule has 37 heavy (non-hydrogen) atoms. The number of nitriles is 1. The number of methoxy groups -OCH3 is 1. The van der Waals surface area contributed by atoms with Gasteiger partial charge in [-0.05, 0) is 37.5 Å². The number of nitrogens with zero attached hydrogens (tertiary/aromatic N) is 6. The fourth-order valence-electron chi connectivity index (χ4n) is 5.34. The number of pyridine rings is 1. The van der Waals surface area contributed by atoms with Crippen LogP contribution in [0.4, 0.5) is 5.69 Å². The van der Waals surface area contributed by atoms with Crippen molar-refractivity contribution < 1.29 is 9.47 Å². The average molecular weight is 507 g/mol. The minimum Gasteiger partial charge on any atom is -0.491 e. The van der Waals surface area contributed by atoms with E-state index in [9.17, 15) is 4.79 Å². The minimum atomic E-state index is -0.0643. The van der Waals surface area contributed by atoms with Gasteiger partial charge < -0.3 is 18.9 Å². The second-order valence-electron chi connectivity index (χ2n) is 9.71. The molecule has 9 nitrogen and oxygen atoms in total. The normalized spacial score (nSPS) is 19.2. The monoisotopic (exact) mass is 506 g/mol. The first-order valence-corrected chi connectivity index (χ1v) is 13.1. The highest BCUT2D eigenvalue weighted by Crippen LogP contribution is 2.34. The Bertz CT molecular complexity index is 1290. The number of benzene rings is 1. The van der Waals surface area contributed by atoms with Crippen LogP contribution in [-0.2, 0) is 18.3 Å². The molecule has 1 fully saturated rings. The van der Waals surface area contributed by atoms with Crippen molar-refractivity contribution in [1.82, 2.24) is 19.2 Å². The van der Waals surface area contributed by atoms with Crippen LogP contribution >= 0.6 is 0 Å². The molecule has 1 aliphatic rings. The van der Waals surface area contributed by atoms with Gasteiger partial charge in [-0.25, -0.2) is 0 Å². The van der Waals surface area contributed by atoms with Crippen LogP contribution in [0.25, 0.3) is 11.0 Å². The summed E-state index contributed by atoms with van der Waals surface area (Å²) in [6.45, 7) is 9.65. The molecular weight excluding hydrogens is 468 g/mol. The highest BCUT2D eigenvalue weighted by molar-refractivity contribution is 5.88. The van der Waals surface area contributed by atoms with Crippen molar-refractivity contribution in [2.24, 2.45) is 7.05 Å². The highest BCUT2D eigenvalue weighted by atomic mass is 16.5. The smallest absolute Gasteiger partial charge is 0.252 e. The number of aromatic nitrogens is 3.